The van der Waals surface area contributed by atoms with Crippen LogP contribution in [-0.2, 0) is 9.47 Å². The third-order valence-corrected chi connectivity index (χ3v) is 3.95. The van der Waals surface area contributed by atoms with Crippen LogP contribution in [-0.4, -0.2) is 63.7 Å². The fourth-order valence-corrected chi connectivity index (χ4v) is 2.83. The number of aliphatic hydroxyl groups is 4. The van der Waals surface area contributed by atoms with Crippen molar-refractivity contribution in [2.75, 3.05) is 6.61 Å². The number of esters is 1. The Bertz CT molecular complexity index is 561. The summed E-state index contributed by atoms with van der Waals surface area (Å²) in [5.41, 5.74) is 2.80. The van der Waals surface area contributed by atoms with Crippen molar-refractivity contribution in [2.24, 2.45) is 0 Å². The van der Waals surface area contributed by atoms with Crippen LogP contribution >= 0.6 is 0 Å². The number of benzene rings is 1. The molecule has 1 aliphatic rings. The molecule has 0 bridgehead atoms. The van der Waals surface area contributed by atoms with Crippen molar-refractivity contribution in [3.8, 4) is 0 Å². The quantitative estimate of drug-likeness (QED) is 0.557. The van der Waals surface area contributed by atoms with Gasteiger partial charge in [-0.25, -0.2) is 4.79 Å². The van der Waals surface area contributed by atoms with Gasteiger partial charge < -0.3 is 29.9 Å². The van der Waals surface area contributed by atoms with Gasteiger partial charge in [0.1, 0.15) is 24.4 Å². The molecule has 7 nitrogen and oxygen atoms in total. The van der Waals surface area contributed by atoms with Crippen LogP contribution < -0.4 is 0 Å². The Balaban J connectivity index is 2.20. The van der Waals surface area contributed by atoms with Crippen LogP contribution in [0.25, 0.3) is 0 Å². The van der Waals surface area contributed by atoms with E-state index >= 15 is 0 Å². The number of ether oxygens (including phenoxy) is 2. The van der Waals surface area contributed by atoms with Crippen LogP contribution in [0, 0.1) is 20.8 Å². The summed E-state index contributed by atoms with van der Waals surface area (Å²) in [5.74, 6) is -0.704. The van der Waals surface area contributed by atoms with Gasteiger partial charge in [-0.3, -0.25) is 0 Å². The summed E-state index contributed by atoms with van der Waals surface area (Å²) < 4.78 is 10.3. The van der Waals surface area contributed by atoms with Crippen LogP contribution in [0.1, 0.15) is 27.0 Å². The number of aliphatic hydroxyl groups excluding tert-OH is 4. The van der Waals surface area contributed by atoms with Gasteiger partial charge in [0.25, 0.3) is 0 Å². The Kier molecular flexibility index (Phi) is 5.38. The topological polar surface area (TPSA) is 116 Å². The molecule has 1 saturated heterocycles. The molecular formula is C16H22O7. The molecule has 1 aromatic carbocycles. The molecule has 0 aromatic heterocycles. The molecule has 0 amide bonds. The number of carbonyl (C=O) groups is 1. The van der Waals surface area contributed by atoms with Gasteiger partial charge in [-0.15, -0.1) is 0 Å². The summed E-state index contributed by atoms with van der Waals surface area (Å²) in [6.45, 7) is 4.86. The average molecular weight is 326 g/mol. The maximum absolute atomic E-state index is 12.4. The first-order valence-corrected chi connectivity index (χ1v) is 7.35. The van der Waals surface area contributed by atoms with Crippen molar-refractivity contribution >= 4 is 5.97 Å². The van der Waals surface area contributed by atoms with Gasteiger partial charge in [-0.05, 0) is 31.9 Å². The van der Waals surface area contributed by atoms with E-state index in [0.29, 0.717) is 5.56 Å². The van der Waals surface area contributed by atoms with Crippen molar-refractivity contribution in [1.82, 2.24) is 0 Å². The molecule has 5 atom stereocenters. The second kappa shape index (κ2) is 6.94. The minimum absolute atomic E-state index is 0.354. The fourth-order valence-electron chi connectivity index (χ4n) is 2.83. The van der Waals surface area contributed by atoms with Crippen molar-refractivity contribution in [1.29, 1.82) is 0 Å². The van der Waals surface area contributed by atoms with Gasteiger partial charge in [0.05, 0.1) is 12.2 Å². The maximum Gasteiger partial charge on any atom is 0.341 e. The van der Waals surface area contributed by atoms with Gasteiger partial charge in [0.15, 0.2) is 0 Å². The van der Waals surface area contributed by atoms with Gasteiger partial charge in [-0.1, -0.05) is 17.7 Å². The molecule has 1 fully saturated rings. The zero-order valence-electron chi connectivity index (χ0n) is 13.3. The first-order chi connectivity index (χ1) is 10.8. The highest BCUT2D eigenvalue weighted by molar-refractivity contribution is 5.92. The SMILES string of the molecule is Cc1cc(C)c(C(=O)O[C@H]2O[C@@H](CO)[C@@H](O)[C@@H](O)[C@@H]2O)c(C)c1. The predicted molar refractivity (Wildman–Crippen MR) is 79.8 cm³/mol. The van der Waals surface area contributed by atoms with Crippen molar-refractivity contribution in [3.63, 3.8) is 0 Å². The highest BCUT2D eigenvalue weighted by Gasteiger charge is 2.45. The van der Waals surface area contributed by atoms with Crippen molar-refractivity contribution in [2.45, 2.75) is 51.5 Å². The molecular weight excluding hydrogens is 304 g/mol. The second-order valence-corrected chi connectivity index (χ2v) is 5.88. The van der Waals surface area contributed by atoms with Crippen molar-refractivity contribution < 1.29 is 34.7 Å². The monoisotopic (exact) mass is 326 g/mol. The van der Waals surface area contributed by atoms with E-state index in [2.05, 4.69) is 0 Å². The first-order valence-electron chi connectivity index (χ1n) is 7.35. The van der Waals surface area contributed by atoms with E-state index in [4.69, 9.17) is 14.6 Å². The average Bonchev–Trinajstić information content (AvgIpc) is 2.46. The number of carbonyl (C=O) groups excluding carboxylic acids is 1. The molecule has 4 N–H and O–H groups in total. The zero-order chi connectivity index (χ0) is 17.3. The Morgan fingerprint density at radius 1 is 1.09 bits per heavy atom. The summed E-state index contributed by atoms with van der Waals surface area (Å²) in [7, 11) is 0. The first kappa shape index (κ1) is 17.8. The molecule has 0 radical (unpaired) electrons. The Hall–Kier alpha value is -1.51. The number of aryl methyl sites for hydroxylation is 3. The lowest BCUT2D eigenvalue weighted by atomic mass is 9.98. The Labute approximate surface area is 134 Å². The molecule has 23 heavy (non-hydrogen) atoms. The van der Waals surface area contributed by atoms with E-state index in [-0.39, 0.29) is 0 Å². The van der Waals surface area contributed by atoms with E-state index in [1.165, 1.54) is 0 Å². The van der Waals surface area contributed by atoms with Gasteiger partial charge in [0, 0.05) is 0 Å². The van der Waals surface area contributed by atoms with Gasteiger partial charge >= 0.3 is 5.97 Å². The van der Waals surface area contributed by atoms with Crippen LogP contribution in [0.3, 0.4) is 0 Å². The molecule has 1 aromatic rings. The molecule has 1 aliphatic heterocycles. The molecule has 0 spiro atoms. The summed E-state index contributed by atoms with van der Waals surface area (Å²) >= 11 is 0. The number of hydrogen-bond donors (Lipinski definition) is 4. The number of hydrogen-bond acceptors (Lipinski definition) is 7. The van der Waals surface area contributed by atoms with E-state index < -0.39 is 43.3 Å². The minimum atomic E-state index is -1.61. The lowest BCUT2D eigenvalue weighted by molar-refractivity contribution is -0.285. The molecule has 7 heteroatoms. The summed E-state index contributed by atoms with van der Waals surface area (Å²) in [4.78, 5) is 12.4. The highest BCUT2D eigenvalue weighted by Crippen LogP contribution is 2.24. The summed E-state index contributed by atoms with van der Waals surface area (Å²) in [5, 5.41) is 38.5. The lowest BCUT2D eigenvalue weighted by Gasteiger charge is -2.39. The zero-order valence-corrected chi connectivity index (χ0v) is 13.3. The normalized spacial score (nSPS) is 31.0. The largest absolute Gasteiger partial charge is 0.429 e. The molecule has 0 unspecified atom stereocenters. The van der Waals surface area contributed by atoms with Crippen LogP contribution in [0.5, 0.6) is 0 Å². The predicted octanol–water partition coefficient (Wildman–Crippen LogP) is -0.431. The van der Waals surface area contributed by atoms with Crippen LogP contribution in [0.15, 0.2) is 12.1 Å². The maximum atomic E-state index is 12.4. The standard InChI is InChI=1S/C16H22O7/c1-7-4-8(2)11(9(3)5-7)15(21)23-16-14(20)13(19)12(18)10(6-17)22-16/h4-5,10,12-14,16-20H,6H2,1-3H3/t10-,12+,13+,14-,16+/m0/s1. The summed E-state index contributed by atoms with van der Waals surface area (Å²) in [6.07, 6.45) is -7.28. The van der Waals surface area contributed by atoms with E-state index in [9.17, 15) is 20.1 Å². The smallest absolute Gasteiger partial charge is 0.341 e. The Morgan fingerprint density at radius 2 is 1.65 bits per heavy atom. The third-order valence-electron chi connectivity index (χ3n) is 3.95. The molecule has 0 aliphatic carbocycles. The molecule has 2 rings (SSSR count). The van der Waals surface area contributed by atoms with E-state index in [0.717, 1.165) is 16.7 Å². The fraction of sp³-hybridized carbons (Fsp3) is 0.562. The van der Waals surface area contributed by atoms with Crippen molar-refractivity contribution in [3.05, 3.63) is 34.4 Å². The number of rotatable bonds is 3. The lowest BCUT2D eigenvalue weighted by Crippen LogP contribution is -2.59. The summed E-state index contributed by atoms with van der Waals surface area (Å²) in [6, 6.07) is 3.66. The minimum Gasteiger partial charge on any atom is -0.429 e. The molecule has 1 heterocycles. The van der Waals surface area contributed by atoms with Gasteiger partial charge in [-0.2, -0.15) is 0 Å². The van der Waals surface area contributed by atoms with Crippen LogP contribution in [0.4, 0.5) is 0 Å². The Morgan fingerprint density at radius 3 is 2.17 bits per heavy atom. The van der Waals surface area contributed by atoms with E-state index in [1.54, 1.807) is 13.8 Å². The molecule has 128 valence electrons. The van der Waals surface area contributed by atoms with E-state index in [1.807, 2.05) is 19.1 Å². The van der Waals surface area contributed by atoms with Crippen LogP contribution in [0.2, 0.25) is 0 Å². The highest BCUT2D eigenvalue weighted by atomic mass is 16.7. The van der Waals surface area contributed by atoms with Gasteiger partial charge in [0.2, 0.25) is 6.29 Å². The third kappa shape index (κ3) is 3.54. The molecule has 0 saturated carbocycles. The second-order valence-electron chi connectivity index (χ2n) is 5.88.